The Morgan fingerprint density at radius 1 is 1.48 bits per heavy atom. The van der Waals surface area contributed by atoms with Crippen molar-refractivity contribution >= 4 is 62.9 Å². The zero-order chi connectivity index (χ0) is 19.6. The number of hydrogen-bond acceptors (Lipinski definition) is 5. The molecule has 0 saturated heterocycles. The lowest BCUT2D eigenvalue weighted by molar-refractivity contribution is 0.0977. The summed E-state index contributed by atoms with van der Waals surface area (Å²) in [5.41, 5.74) is 2.13. The van der Waals surface area contributed by atoms with Crippen LogP contribution in [-0.2, 0) is 12.8 Å². The summed E-state index contributed by atoms with van der Waals surface area (Å²) in [7, 11) is 0. The molecule has 27 heavy (non-hydrogen) atoms. The van der Waals surface area contributed by atoms with Gasteiger partial charge in [0.15, 0.2) is 5.11 Å². The number of anilines is 1. The van der Waals surface area contributed by atoms with Gasteiger partial charge in [-0.15, -0.1) is 23.1 Å². The Balaban J connectivity index is 1.75. The molecule has 1 aliphatic rings. The number of carbonyl (C=O) groups excluding carboxylic acids is 1. The summed E-state index contributed by atoms with van der Waals surface area (Å²) in [6.07, 6.45) is 4.91. The Morgan fingerprint density at radius 2 is 2.26 bits per heavy atom. The summed E-state index contributed by atoms with van der Waals surface area (Å²) in [6, 6.07) is 7.57. The summed E-state index contributed by atoms with van der Waals surface area (Å²) in [4.78, 5) is 14.7. The molecule has 1 aromatic carbocycles. The minimum Gasteiger partial charge on any atom is -0.323 e. The largest absolute Gasteiger partial charge is 0.323 e. The first-order chi connectivity index (χ1) is 12.9. The molecular formula is C19H18ClN3OS3. The van der Waals surface area contributed by atoms with Crippen LogP contribution < -0.4 is 10.6 Å². The molecule has 8 heteroatoms. The monoisotopic (exact) mass is 435 g/mol. The van der Waals surface area contributed by atoms with Crippen LogP contribution in [0, 0.1) is 17.2 Å². The van der Waals surface area contributed by atoms with Gasteiger partial charge in [0.05, 0.1) is 16.1 Å². The highest BCUT2D eigenvalue weighted by atomic mass is 35.5. The molecule has 2 aromatic rings. The number of thioether (sulfide) groups is 1. The van der Waals surface area contributed by atoms with E-state index in [2.05, 4.69) is 23.6 Å². The number of rotatable bonds is 3. The van der Waals surface area contributed by atoms with E-state index >= 15 is 0 Å². The van der Waals surface area contributed by atoms with E-state index in [0.29, 0.717) is 27.1 Å². The highest BCUT2D eigenvalue weighted by Crippen LogP contribution is 2.39. The number of benzene rings is 1. The number of carbonyl (C=O) groups is 1. The maximum atomic E-state index is 12.5. The van der Waals surface area contributed by atoms with Crippen molar-refractivity contribution in [1.82, 2.24) is 5.32 Å². The van der Waals surface area contributed by atoms with Gasteiger partial charge in [0.2, 0.25) is 0 Å². The summed E-state index contributed by atoms with van der Waals surface area (Å²) < 4.78 is 0. The van der Waals surface area contributed by atoms with Crippen molar-refractivity contribution in [3.63, 3.8) is 0 Å². The number of thiophene rings is 1. The van der Waals surface area contributed by atoms with Crippen LogP contribution >= 0.6 is 46.9 Å². The van der Waals surface area contributed by atoms with Crippen LogP contribution in [0.4, 0.5) is 5.00 Å². The van der Waals surface area contributed by atoms with Gasteiger partial charge >= 0.3 is 0 Å². The molecule has 1 heterocycles. The number of halogens is 1. The van der Waals surface area contributed by atoms with E-state index in [9.17, 15) is 10.1 Å². The topological polar surface area (TPSA) is 64.9 Å². The summed E-state index contributed by atoms with van der Waals surface area (Å²) >= 11 is 14.5. The lowest BCUT2D eigenvalue weighted by Crippen LogP contribution is -2.34. The van der Waals surface area contributed by atoms with E-state index in [1.807, 2.05) is 12.3 Å². The van der Waals surface area contributed by atoms with Crippen LogP contribution in [0.3, 0.4) is 0 Å². The molecule has 1 aliphatic carbocycles. The van der Waals surface area contributed by atoms with Gasteiger partial charge < -0.3 is 5.32 Å². The van der Waals surface area contributed by atoms with Crippen LogP contribution in [0.2, 0.25) is 5.02 Å². The van der Waals surface area contributed by atoms with Crippen molar-refractivity contribution in [2.75, 3.05) is 11.6 Å². The number of hydrogen-bond donors (Lipinski definition) is 2. The van der Waals surface area contributed by atoms with E-state index in [1.165, 1.54) is 16.6 Å². The summed E-state index contributed by atoms with van der Waals surface area (Å²) in [5, 5.41) is 16.5. The predicted octanol–water partition coefficient (Wildman–Crippen LogP) is 5.25. The molecule has 0 saturated carbocycles. The zero-order valence-corrected chi connectivity index (χ0v) is 18.1. The Morgan fingerprint density at radius 3 is 2.96 bits per heavy atom. The first kappa shape index (κ1) is 20.2. The first-order valence-electron chi connectivity index (χ1n) is 8.43. The molecule has 0 unspecified atom stereocenters. The lowest BCUT2D eigenvalue weighted by Gasteiger charge is -2.17. The molecule has 0 radical (unpaired) electrons. The SMILES string of the molecule is CSc1ccc(Cl)c(C(=O)NC(=S)Nc2sc3c(c2C#N)CC[C@@H](C)C3)c1. The molecule has 0 spiro atoms. The Bertz CT molecular complexity index is 948. The lowest BCUT2D eigenvalue weighted by atomic mass is 9.89. The number of nitriles is 1. The van der Waals surface area contributed by atoms with E-state index in [0.717, 1.165) is 29.7 Å². The highest BCUT2D eigenvalue weighted by Gasteiger charge is 2.24. The third-order valence-corrected chi connectivity index (χ3v) is 6.92. The van der Waals surface area contributed by atoms with Crippen molar-refractivity contribution in [3.05, 3.63) is 44.8 Å². The normalized spacial score (nSPS) is 15.6. The van der Waals surface area contributed by atoms with Crippen molar-refractivity contribution in [2.24, 2.45) is 5.92 Å². The molecule has 1 amide bonds. The minimum atomic E-state index is -0.373. The van der Waals surface area contributed by atoms with Crippen molar-refractivity contribution in [2.45, 2.75) is 31.1 Å². The second-order valence-electron chi connectivity index (χ2n) is 6.42. The molecule has 2 N–H and O–H groups in total. The smallest absolute Gasteiger partial charge is 0.258 e. The Hall–Kier alpha value is -1.59. The van der Waals surface area contributed by atoms with Crippen molar-refractivity contribution in [3.8, 4) is 6.07 Å². The van der Waals surface area contributed by atoms with E-state index < -0.39 is 0 Å². The fraction of sp³-hybridized carbons (Fsp3) is 0.316. The van der Waals surface area contributed by atoms with Crippen molar-refractivity contribution < 1.29 is 4.79 Å². The second kappa shape index (κ2) is 8.61. The Labute approximate surface area is 177 Å². The molecule has 3 rings (SSSR count). The van der Waals surface area contributed by atoms with Gasteiger partial charge in [-0.3, -0.25) is 10.1 Å². The van der Waals surface area contributed by atoms with E-state index in [1.54, 1.807) is 23.5 Å². The van der Waals surface area contributed by atoms with E-state index in [-0.39, 0.29) is 11.0 Å². The molecule has 0 fully saturated rings. The van der Waals surface area contributed by atoms with Gasteiger partial charge in [-0.2, -0.15) is 5.26 Å². The second-order valence-corrected chi connectivity index (χ2v) is 9.22. The van der Waals surface area contributed by atoms with Gasteiger partial charge in [0, 0.05) is 9.77 Å². The Kier molecular flexibility index (Phi) is 6.43. The maximum absolute atomic E-state index is 12.5. The average Bonchev–Trinajstić information content (AvgIpc) is 2.97. The summed E-state index contributed by atoms with van der Waals surface area (Å²) in [6.45, 7) is 2.22. The molecule has 4 nitrogen and oxygen atoms in total. The van der Waals surface area contributed by atoms with Crippen LogP contribution in [0.5, 0.6) is 0 Å². The molecule has 0 aliphatic heterocycles. The molecular weight excluding hydrogens is 418 g/mol. The third kappa shape index (κ3) is 4.46. The number of thiocarbonyl (C=S) groups is 1. The van der Waals surface area contributed by atoms with E-state index in [4.69, 9.17) is 23.8 Å². The van der Waals surface area contributed by atoms with Crippen LogP contribution in [0.25, 0.3) is 0 Å². The van der Waals surface area contributed by atoms with Crippen LogP contribution in [0.1, 0.15) is 39.7 Å². The average molecular weight is 436 g/mol. The summed E-state index contributed by atoms with van der Waals surface area (Å²) in [5.74, 6) is 0.245. The van der Waals surface area contributed by atoms with Gasteiger partial charge in [0.25, 0.3) is 5.91 Å². The first-order valence-corrected chi connectivity index (χ1v) is 11.3. The van der Waals surface area contributed by atoms with Crippen LogP contribution in [0.15, 0.2) is 23.1 Å². The quantitative estimate of drug-likeness (QED) is 0.509. The number of fused-ring (bicyclic) bond motifs is 1. The molecule has 140 valence electrons. The maximum Gasteiger partial charge on any atom is 0.258 e. The van der Waals surface area contributed by atoms with Gasteiger partial charge in [0.1, 0.15) is 11.1 Å². The van der Waals surface area contributed by atoms with Gasteiger partial charge in [-0.1, -0.05) is 18.5 Å². The predicted molar refractivity (Wildman–Crippen MR) is 117 cm³/mol. The molecule has 1 aromatic heterocycles. The van der Waals surface area contributed by atoms with Crippen LogP contribution in [-0.4, -0.2) is 17.3 Å². The zero-order valence-electron chi connectivity index (χ0n) is 14.9. The molecule has 0 bridgehead atoms. The fourth-order valence-electron chi connectivity index (χ4n) is 3.07. The number of nitrogens with one attached hydrogen (secondary N) is 2. The number of nitrogens with zero attached hydrogens (tertiary/aromatic N) is 1. The third-order valence-electron chi connectivity index (χ3n) is 4.50. The fourth-order valence-corrected chi connectivity index (χ4v) is 5.34. The van der Waals surface area contributed by atoms with Crippen molar-refractivity contribution in [1.29, 1.82) is 5.26 Å². The highest BCUT2D eigenvalue weighted by molar-refractivity contribution is 7.98. The van der Waals surface area contributed by atoms with Gasteiger partial charge in [-0.25, -0.2) is 0 Å². The standard InChI is InChI=1S/C19H18ClN3OS3/c1-10-3-5-12-14(9-21)18(27-16(12)7-10)23-19(25)22-17(24)13-8-11(26-2)4-6-15(13)20/h4,6,8,10H,3,5,7H2,1-2H3,(H2,22,23,24,25)/t10-/m1/s1. The van der Waals surface area contributed by atoms with Gasteiger partial charge in [-0.05, 0) is 67.4 Å². The number of amides is 1. The minimum absolute atomic E-state index is 0.161. The molecule has 1 atom stereocenters.